The van der Waals surface area contributed by atoms with E-state index < -0.39 is 5.97 Å². The maximum absolute atomic E-state index is 10.3. The van der Waals surface area contributed by atoms with Crippen molar-refractivity contribution >= 4 is 35.0 Å². The van der Waals surface area contributed by atoms with E-state index in [1.807, 2.05) is 0 Å². The van der Waals surface area contributed by atoms with Crippen LogP contribution in [-0.2, 0) is 4.79 Å². The van der Waals surface area contributed by atoms with Gasteiger partial charge in [-0.1, -0.05) is 82.8 Å². The molecule has 0 aromatic rings. The van der Waals surface area contributed by atoms with Crippen molar-refractivity contribution in [3.8, 4) is 0 Å². The van der Waals surface area contributed by atoms with Crippen molar-refractivity contribution in [2.24, 2.45) is 0 Å². The molecule has 1 N–H and O–H groups in total. The first-order chi connectivity index (χ1) is 10.1. The monoisotopic (exact) mass is 332 g/mol. The highest BCUT2D eigenvalue weighted by molar-refractivity contribution is 8.11. The molecule has 0 spiro atoms. The number of unbranched alkanes of at least 4 members (excludes halogenated alkanes) is 12. The summed E-state index contributed by atoms with van der Waals surface area (Å²) in [4.78, 5) is 10.3. The van der Waals surface area contributed by atoms with Crippen LogP contribution in [0.1, 0.15) is 96.3 Å². The minimum Gasteiger partial charge on any atom is -0.481 e. The first kappa shape index (κ1) is 20.9. The minimum absolute atomic E-state index is 0.333. The average Bonchev–Trinajstić information content (AvgIpc) is 2.42. The van der Waals surface area contributed by atoms with Gasteiger partial charge in [0.15, 0.2) is 0 Å². The van der Waals surface area contributed by atoms with Gasteiger partial charge in [0.2, 0.25) is 0 Å². The zero-order valence-corrected chi connectivity index (χ0v) is 15.0. The SMILES string of the molecule is O=C(O)CCCCCCCCCCCCCCCC(=S)S. The van der Waals surface area contributed by atoms with Crippen molar-refractivity contribution in [3.63, 3.8) is 0 Å². The minimum atomic E-state index is -0.664. The van der Waals surface area contributed by atoms with E-state index in [-0.39, 0.29) is 0 Å². The Labute approximate surface area is 141 Å². The van der Waals surface area contributed by atoms with E-state index >= 15 is 0 Å². The number of rotatable bonds is 16. The summed E-state index contributed by atoms with van der Waals surface area (Å²) in [6.45, 7) is 0. The molecule has 4 heteroatoms. The maximum atomic E-state index is 10.3. The van der Waals surface area contributed by atoms with Crippen LogP contribution in [0.5, 0.6) is 0 Å². The third-order valence-corrected chi connectivity index (χ3v) is 4.21. The molecule has 0 saturated heterocycles. The molecule has 0 atom stereocenters. The molecule has 124 valence electrons. The topological polar surface area (TPSA) is 37.3 Å². The highest BCUT2D eigenvalue weighted by atomic mass is 32.1. The van der Waals surface area contributed by atoms with Crippen LogP contribution in [0.2, 0.25) is 0 Å². The quantitative estimate of drug-likeness (QED) is 0.201. The first-order valence-corrected chi connectivity index (χ1v) is 9.42. The van der Waals surface area contributed by atoms with Gasteiger partial charge in [-0.25, -0.2) is 0 Å². The third kappa shape index (κ3) is 19.9. The number of carboxylic acids is 1. The maximum Gasteiger partial charge on any atom is 0.303 e. The van der Waals surface area contributed by atoms with Crippen LogP contribution in [0.4, 0.5) is 0 Å². The lowest BCUT2D eigenvalue weighted by Gasteiger charge is -2.03. The van der Waals surface area contributed by atoms with Crippen molar-refractivity contribution in [2.75, 3.05) is 0 Å². The van der Waals surface area contributed by atoms with E-state index in [0.29, 0.717) is 6.42 Å². The van der Waals surface area contributed by atoms with E-state index in [2.05, 4.69) is 12.6 Å². The fourth-order valence-corrected chi connectivity index (χ4v) is 2.80. The fraction of sp³-hybridized carbons (Fsp3) is 0.882. The Hall–Kier alpha value is -0.0900. The molecular weight excluding hydrogens is 300 g/mol. The van der Waals surface area contributed by atoms with Gasteiger partial charge in [-0.3, -0.25) is 4.79 Å². The second-order valence-corrected chi connectivity index (χ2v) is 7.22. The van der Waals surface area contributed by atoms with Crippen LogP contribution in [0.15, 0.2) is 0 Å². The molecule has 0 aliphatic heterocycles. The number of thiocarbonyl (C=S) groups is 1. The highest BCUT2D eigenvalue weighted by Crippen LogP contribution is 2.13. The zero-order chi connectivity index (χ0) is 15.8. The summed E-state index contributed by atoms with van der Waals surface area (Å²) < 4.78 is 0.845. The summed E-state index contributed by atoms with van der Waals surface area (Å²) in [6, 6.07) is 0. The molecule has 0 aromatic carbocycles. The number of aliphatic carboxylic acids is 1. The Morgan fingerprint density at radius 2 is 0.952 bits per heavy atom. The van der Waals surface area contributed by atoms with E-state index in [4.69, 9.17) is 17.3 Å². The van der Waals surface area contributed by atoms with Crippen LogP contribution < -0.4 is 0 Å². The van der Waals surface area contributed by atoms with E-state index in [1.165, 1.54) is 70.6 Å². The van der Waals surface area contributed by atoms with Crippen molar-refractivity contribution in [3.05, 3.63) is 0 Å². The molecule has 0 aliphatic carbocycles. The lowest BCUT2D eigenvalue weighted by molar-refractivity contribution is -0.137. The summed E-state index contributed by atoms with van der Waals surface area (Å²) in [5, 5.41) is 8.52. The molecule has 0 radical (unpaired) electrons. The summed E-state index contributed by atoms with van der Waals surface area (Å²) >= 11 is 9.07. The number of carbonyl (C=O) groups is 1. The Morgan fingerprint density at radius 1 is 0.667 bits per heavy atom. The largest absolute Gasteiger partial charge is 0.481 e. The highest BCUT2D eigenvalue weighted by Gasteiger charge is 1.97. The van der Waals surface area contributed by atoms with Crippen molar-refractivity contribution in [1.82, 2.24) is 0 Å². The number of carboxylic acid groups (broad SMARTS) is 1. The standard InChI is InChI=1S/C17H32O2S2/c18-16(19)14-12-10-8-6-4-2-1-3-5-7-9-11-13-15-17(20)21/h1-15H2,(H,18,19)(H,20,21). The van der Waals surface area contributed by atoms with Gasteiger partial charge in [-0.2, -0.15) is 0 Å². The van der Waals surface area contributed by atoms with Crippen LogP contribution >= 0.6 is 24.8 Å². The Balaban J connectivity index is 2.99. The van der Waals surface area contributed by atoms with Crippen LogP contribution in [0, 0.1) is 0 Å². The van der Waals surface area contributed by atoms with Crippen LogP contribution in [-0.4, -0.2) is 15.3 Å². The summed E-state index contributed by atoms with van der Waals surface area (Å²) in [5.74, 6) is -0.664. The summed E-state index contributed by atoms with van der Waals surface area (Å²) in [5.41, 5.74) is 0. The fourth-order valence-electron chi connectivity index (χ4n) is 2.50. The van der Waals surface area contributed by atoms with Gasteiger partial charge in [0.1, 0.15) is 0 Å². The Bertz CT molecular complexity index is 242. The van der Waals surface area contributed by atoms with Crippen molar-refractivity contribution in [1.29, 1.82) is 0 Å². The van der Waals surface area contributed by atoms with Gasteiger partial charge < -0.3 is 5.11 Å². The van der Waals surface area contributed by atoms with E-state index in [0.717, 1.165) is 23.5 Å². The average molecular weight is 333 g/mol. The van der Waals surface area contributed by atoms with Crippen molar-refractivity contribution < 1.29 is 9.90 Å². The molecule has 0 bridgehead atoms. The molecule has 0 amide bonds. The van der Waals surface area contributed by atoms with Crippen LogP contribution in [0.3, 0.4) is 0 Å². The predicted octanol–water partition coefficient (Wildman–Crippen LogP) is 6.18. The molecule has 0 aliphatic rings. The molecular formula is C17H32O2S2. The zero-order valence-electron chi connectivity index (χ0n) is 13.3. The summed E-state index contributed by atoms with van der Waals surface area (Å²) in [6.07, 6.45) is 17.6. The molecule has 0 rings (SSSR count). The number of hydrogen-bond donors (Lipinski definition) is 2. The van der Waals surface area contributed by atoms with Crippen LogP contribution in [0.25, 0.3) is 0 Å². The van der Waals surface area contributed by atoms with Gasteiger partial charge >= 0.3 is 5.97 Å². The van der Waals surface area contributed by atoms with Gasteiger partial charge in [0, 0.05) is 10.6 Å². The lowest BCUT2D eigenvalue weighted by atomic mass is 10.0. The second kappa shape index (κ2) is 16.3. The molecule has 21 heavy (non-hydrogen) atoms. The smallest absolute Gasteiger partial charge is 0.303 e. The van der Waals surface area contributed by atoms with E-state index in [1.54, 1.807) is 0 Å². The van der Waals surface area contributed by atoms with Gasteiger partial charge in [0.25, 0.3) is 0 Å². The molecule has 2 nitrogen and oxygen atoms in total. The second-order valence-electron chi connectivity index (χ2n) is 5.88. The molecule has 0 fully saturated rings. The normalized spacial score (nSPS) is 10.7. The van der Waals surface area contributed by atoms with Gasteiger partial charge in [0.05, 0.1) is 0 Å². The Kier molecular flexibility index (Phi) is 16.2. The first-order valence-electron chi connectivity index (χ1n) is 8.56. The molecule has 0 saturated carbocycles. The Morgan fingerprint density at radius 3 is 1.24 bits per heavy atom. The van der Waals surface area contributed by atoms with Crippen molar-refractivity contribution in [2.45, 2.75) is 96.3 Å². The third-order valence-electron chi connectivity index (χ3n) is 3.78. The van der Waals surface area contributed by atoms with Gasteiger partial charge in [-0.15, -0.1) is 12.6 Å². The molecule has 0 aromatic heterocycles. The summed E-state index contributed by atoms with van der Waals surface area (Å²) in [7, 11) is 0. The molecule has 0 unspecified atom stereocenters. The number of hydrogen-bond acceptors (Lipinski definition) is 2. The lowest BCUT2D eigenvalue weighted by Crippen LogP contribution is -1.93. The predicted molar refractivity (Wildman–Crippen MR) is 98.5 cm³/mol. The molecule has 0 heterocycles. The number of thiol groups is 1. The van der Waals surface area contributed by atoms with Gasteiger partial charge in [-0.05, 0) is 19.3 Å². The van der Waals surface area contributed by atoms with E-state index in [9.17, 15) is 4.79 Å².